The van der Waals surface area contributed by atoms with Crippen molar-refractivity contribution in [3.05, 3.63) is 70.5 Å². The van der Waals surface area contributed by atoms with Crippen LogP contribution < -0.4 is 5.01 Å². The number of nitrogens with zero attached hydrogens (tertiary/aromatic N) is 2. The largest absolute Gasteiger partial charge is 0.280 e. The molecule has 2 aromatic rings. The van der Waals surface area contributed by atoms with Crippen LogP contribution in [0.25, 0.3) is 6.08 Å². The van der Waals surface area contributed by atoms with Crippen molar-refractivity contribution >= 4 is 35.0 Å². The van der Waals surface area contributed by atoms with E-state index in [-0.39, 0.29) is 11.7 Å². The number of hydrazone groups is 1. The number of hydrogen-bond acceptors (Lipinski definition) is 2. The minimum atomic E-state index is -0.312. The number of amides is 1. The number of hydrogen-bond donors (Lipinski definition) is 0. The Hall–Kier alpha value is -2.46. The molecule has 0 saturated heterocycles. The monoisotopic (exact) mass is 314 g/mol. The first-order chi connectivity index (χ1) is 10.5. The van der Waals surface area contributed by atoms with Gasteiger partial charge in [-0.3, -0.25) is 4.79 Å². The summed E-state index contributed by atoms with van der Waals surface area (Å²) in [5.41, 5.74) is 2.50. The van der Waals surface area contributed by atoms with Crippen LogP contribution in [0.2, 0.25) is 5.02 Å². The number of rotatable bonds is 2. The molecule has 0 aliphatic carbocycles. The van der Waals surface area contributed by atoms with Gasteiger partial charge in [-0.15, -0.1) is 0 Å². The van der Waals surface area contributed by atoms with Gasteiger partial charge in [0.2, 0.25) is 0 Å². The zero-order valence-corrected chi connectivity index (χ0v) is 12.5. The van der Waals surface area contributed by atoms with E-state index in [1.165, 1.54) is 17.1 Å². The summed E-state index contributed by atoms with van der Waals surface area (Å²) in [4.78, 5) is 12.5. The van der Waals surface area contributed by atoms with Crippen molar-refractivity contribution in [2.45, 2.75) is 6.92 Å². The van der Waals surface area contributed by atoms with Crippen LogP contribution >= 0.6 is 11.6 Å². The van der Waals surface area contributed by atoms with E-state index in [1.54, 1.807) is 49.4 Å². The van der Waals surface area contributed by atoms with E-state index in [2.05, 4.69) is 5.10 Å². The van der Waals surface area contributed by atoms with E-state index < -0.39 is 0 Å². The summed E-state index contributed by atoms with van der Waals surface area (Å²) in [6.07, 6.45) is 1.70. The molecule has 0 spiro atoms. The predicted octanol–water partition coefficient (Wildman–Crippen LogP) is 4.29. The zero-order valence-electron chi connectivity index (χ0n) is 11.8. The lowest BCUT2D eigenvalue weighted by Crippen LogP contribution is -2.21. The average molecular weight is 315 g/mol. The van der Waals surface area contributed by atoms with Gasteiger partial charge in [-0.25, -0.2) is 4.39 Å². The molecule has 3 nitrogen and oxygen atoms in total. The van der Waals surface area contributed by atoms with E-state index in [0.717, 1.165) is 5.56 Å². The van der Waals surface area contributed by atoms with Crippen molar-refractivity contribution in [2.75, 3.05) is 5.01 Å². The summed E-state index contributed by atoms with van der Waals surface area (Å²) in [6, 6.07) is 12.8. The Bertz CT molecular complexity index is 779. The normalized spacial score (nSPS) is 16.3. The van der Waals surface area contributed by atoms with Crippen LogP contribution in [0.4, 0.5) is 10.1 Å². The highest BCUT2D eigenvalue weighted by Crippen LogP contribution is 2.26. The number of benzene rings is 2. The maximum atomic E-state index is 12.9. The summed E-state index contributed by atoms with van der Waals surface area (Å²) < 4.78 is 12.9. The molecule has 0 radical (unpaired) electrons. The van der Waals surface area contributed by atoms with Crippen LogP contribution in [0.5, 0.6) is 0 Å². The maximum Gasteiger partial charge on any atom is 0.280 e. The van der Waals surface area contributed by atoms with Crippen LogP contribution in [0.15, 0.2) is 59.2 Å². The predicted molar refractivity (Wildman–Crippen MR) is 86.4 cm³/mol. The second-order valence-electron chi connectivity index (χ2n) is 4.89. The zero-order chi connectivity index (χ0) is 15.7. The molecule has 5 heteroatoms. The van der Waals surface area contributed by atoms with Crippen LogP contribution in [-0.4, -0.2) is 11.6 Å². The van der Waals surface area contributed by atoms with Gasteiger partial charge in [0.25, 0.3) is 5.91 Å². The molecule has 1 aliphatic rings. The molecule has 0 atom stereocenters. The minimum absolute atomic E-state index is 0.218. The van der Waals surface area contributed by atoms with Crippen LogP contribution in [-0.2, 0) is 4.79 Å². The molecule has 2 aromatic carbocycles. The van der Waals surface area contributed by atoms with Crippen LogP contribution in [0.3, 0.4) is 0 Å². The molecule has 0 fully saturated rings. The fourth-order valence-corrected chi connectivity index (χ4v) is 2.29. The minimum Gasteiger partial charge on any atom is -0.267 e. The topological polar surface area (TPSA) is 32.7 Å². The van der Waals surface area contributed by atoms with Gasteiger partial charge >= 0.3 is 0 Å². The van der Waals surface area contributed by atoms with Crippen LogP contribution in [0, 0.1) is 5.82 Å². The van der Waals surface area contributed by atoms with Crippen molar-refractivity contribution in [1.82, 2.24) is 0 Å². The summed E-state index contributed by atoms with van der Waals surface area (Å²) in [7, 11) is 0. The first-order valence-electron chi connectivity index (χ1n) is 6.67. The van der Waals surface area contributed by atoms with Gasteiger partial charge in [0, 0.05) is 5.02 Å². The van der Waals surface area contributed by atoms with Gasteiger partial charge in [-0.1, -0.05) is 23.7 Å². The highest BCUT2D eigenvalue weighted by molar-refractivity contribution is 6.32. The third-order valence-electron chi connectivity index (χ3n) is 3.31. The molecule has 3 rings (SSSR count). The van der Waals surface area contributed by atoms with E-state index in [0.29, 0.717) is 22.0 Å². The third kappa shape index (κ3) is 2.78. The Labute approximate surface area is 132 Å². The second kappa shape index (κ2) is 5.73. The SMILES string of the molecule is CC1=NN(c2ccc(Cl)cc2)C(=O)C1=Cc1ccc(F)cc1. The molecule has 110 valence electrons. The highest BCUT2D eigenvalue weighted by Gasteiger charge is 2.28. The van der Waals surface area contributed by atoms with Gasteiger partial charge < -0.3 is 0 Å². The number of carbonyl (C=O) groups is 1. The Morgan fingerprint density at radius 3 is 2.36 bits per heavy atom. The fourth-order valence-electron chi connectivity index (χ4n) is 2.17. The number of carbonyl (C=O) groups excluding carboxylic acids is 1. The quantitative estimate of drug-likeness (QED) is 0.761. The number of anilines is 1. The van der Waals surface area contributed by atoms with Crippen molar-refractivity contribution in [3.8, 4) is 0 Å². The van der Waals surface area contributed by atoms with Gasteiger partial charge in [0.1, 0.15) is 5.82 Å². The Morgan fingerprint density at radius 1 is 1.09 bits per heavy atom. The van der Waals surface area contributed by atoms with Crippen molar-refractivity contribution < 1.29 is 9.18 Å². The third-order valence-corrected chi connectivity index (χ3v) is 3.57. The molecule has 1 aliphatic heterocycles. The Balaban J connectivity index is 1.92. The number of halogens is 2. The second-order valence-corrected chi connectivity index (χ2v) is 5.32. The van der Waals surface area contributed by atoms with Gasteiger partial charge in [-0.05, 0) is 55.0 Å². The Morgan fingerprint density at radius 2 is 1.73 bits per heavy atom. The Kier molecular flexibility index (Phi) is 3.77. The smallest absolute Gasteiger partial charge is 0.267 e. The molecule has 0 saturated carbocycles. The van der Waals surface area contributed by atoms with Crippen molar-refractivity contribution in [2.24, 2.45) is 5.10 Å². The standard InChI is InChI=1S/C17H12ClFN2O/c1-11-16(10-12-2-6-14(19)7-3-12)17(22)21(20-11)15-8-4-13(18)5-9-15/h2-10H,1H3. The van der Waals surface area contributed by atoms with Crippen molar-refractivity contribution in [3.63, 3.8) is 0 Å². The molecular weight excluding hydrogens is 303 g/mol. The maximum absolute atomic E-state index is 12.9. The molecule has 22 heavy (non-hydrogen) atoms. The first-order valence-corrected chi connectivity index (χ1v) is 7.05. The lowest BCUT2D eigenvalue weighted by atomic mass is 10.1. The van der Waals surface area contributed by atoms with Crippen molar-refractivity contribution in [1.29, 1.82) is 0 Å². The molecular formula is C17H12ClFN2O. The summed E-state index contributed by atoms with van der Waals surface area (Å²) in [6.45, 7) is 1.77. The first kappa shape index (κ1) is 14.5. The van der Waals surface area contributed by atoms with E-state index in [9.17, 15) is 9.18 Å². The molecule has 0 unspecified atom stereocenters. The summed E-state index contributed by atoms with van der Waals surface area (Å²) in [5.74, 6) is -0.530. The average Bonchev–Trinajstić information content (AvgIpc) is 2.78. The molecule has 1 amide bonds. The highest BCUT2D eigenvalue weighted by atomic mass is 35.5. The summed E-state index contributed by atoms with van der Waals surface area (Å²) >= 11 is 5.85. The lowest BCUT2D eigenvalue weighted by Gasteiger charge is -2.11. The van der Waals surface area contributed by atoms with Gasteiger partial charge in [0.05, 0.1) is 17.0 Å². The van der Waals surface area contributed by atoms with E-state index >= 15 is 0 Å². The molecule has 0 bridgehead atoms. The van der Waals surface area contributed by atoms with Gasteiger partial charge in [0.15, 0.2) is 0 Å². The van der Waals surface area contributed by atoms with E-state index in [1.807, 2.05) is 0 Å². The van der Waals surface area contributed by atoms with Crippen LogP contribution in [0.1, 0.15) is 12.5 Å². The molecule has 1 heterocycles. The van der Waals surface area contributed by atoms with E-state index in [4.69, 9.17) is 11.6 Å². The molecule has 0 N–H and O–H groups in total. The molecule has 0 aromatic heterocycles. The fraction of sp³-hybridized carbons (Fsp3) is 0.0588. The van der Waals surface area contributed by atoms with Gasteiger partial charge in [-0.2, -0.15) is 10.1 Å². The summed E-state index contributed by atoms with van der Waals surface area (Å²) in [5, 5.41) is 6.21. The lowest BCUT2D eigenvalue weighted by molar-refractivity contribution is -0.114.